The minimum atomic E-state index is -0.773. The van der Waals surface area contributed by atoms with Crippen molar-refractivity contribution in [2.75, 3.05) is 0 Å². The van der Waals surface area contributed by atoms with Crippen molar-refractivity contribution in [3.05, 3.63) is 59.9 Å². The summed E-state index contributed by atoms with van der Waals surface area (Å²) in [5, 5.41) is 8.75. The van der Waals surface area contributed by atoms with Crippen LogP contribution in [0.5, 0.6) is 0 Å². The molecule has 0 aliphatic carbocycles. The second kappa shape index (κ2) is 6.95. The predicted molar refractivity (Wildman–Crippen MR) is 76.2 cm³/mol. The van der Waals surface area contributed by atoms with Gasteiger partial charge in [0.05, 0.1) is 5.69 Å². The first-order chi connectivity index (χ1) is 9.25. The van der Waals surface area contributed by atoms with Gasteiger partial charge in [0, 0.05) is 23.3 Å². The molecule has 0 unspecified atom stereocenters. The molecule has 0 saturated carbocycles. The Morgan fingerprint density at radius 1 is 1.16 bits per heavy atom. The fourth-order valence-electron chi connectivity index (χ4n) is 1.74. The second-order valence-electron chi connectivity index (χ2n) is 4.10. The number of aromatic nitrogens is 1. The maximum atomic E-state index is 10.6. The standard InChI is InChI=1S/C15H15NO2S/c17-15(18)9-8-12-5-4-10-16-14(12)11-19-13-6-2-1-3-7-13/h1-7,10H,8-9,11H2,(H,17,18). The Morgan fingerprint density at radius 3 is 2.68 bits per heavy atom. The van der Waals surface area contributed by atoms with Crippen LogP contribution in [0, 0.1) is 0 Å². The van der Waals surface area contributed by atoms with Crippen LogP contribution in [0.3, 0.4) is 0 Å². The van der Waals surface area contributed by atoms with Crippen LogP contribution in [-0.4, -0.2) is 16.1 Å². The van der Waals surface area contributed by atoms with Gasteiger partial charge in [0.15, 0.2) is 0 Å². The molecule has 1 heterocycles. The average Bonchev–Trinajstić information content (AvgIpc) is 2.45. The number of rotatable bonds is 6. The summed E-state index contributed by atoms with van der Waals surface area (Å²) in [6.07, 6.45) is 2.44. The monoisotopic (exact) mass is 273 g/mol. The molecule has 0 bridgehead atoms. The molecule has 0 aliphatic rings. The molecule has 2 aromatic rings. The first-order valence-electron chi connectivity index (χ1n) is 6.08. The van der Waals surface area contributed by atoms with Crippen LogP contribution in [-0.2, 0) is 17.0 Å². The zero-order valence-corrected chi connectivity index (χ0v) is 11.3. The largest absolute Gasteiger partial charge is 0.481 e. The molecular weight excluding hydrogens is 258 g/mol. The summed E-state index contributed by atoms with van der Waals surface area (Å²) in [6, 6.07) is 13.9. The van der Waals surface area contributed by atoms with Crippen LogP contribution in [0.25, 0.3) is 0 Å². The summed E-state index contributed by atoms with van der Waals surface area (Å²) < 4.78 is 0. The first-order valence-corrected chi connectivity index (χ1v) is 7.06. The third-order valence-electron chi connectivity index (χ3n) is 2.71. The van der Waals surface area contributed by atoms with Gasteiger partial charge in [0.1, 0.15) is 0 Å². The minimum Gasteiger partial charge on any atom is -0.481 e. The van der Waals surface area contributed by atoms with Gasteiger partial charge in [-0.15, -0.1) is 11.8 Å². The molecule has 0 spiro atoms. The highest BCUT2D eigenvalue weighted by atomic mass is 32.2. The molecule has 0 radical (unpaired) electrons. The number of hydrogen-bond donors (Lipinski definition) is 1. The molecule has 1 aromatic carbocycles. The molecule has 0 atom stereocenters. The lowest BCUT2D eigenvalue weighted by Crippen LogP contribution is -2.01. The quantitative estimate of drug-likeness (QED) is 0.820. The maximum absolute atomic E-state index is 10.6. The number of nitrogens with zero attached hydrogens (tertiary/aromatic N) is 1. The van der Waals surface area contributed by atoms with Gasteiger partial charge >= 0.3 is 5.97 Å². The van der Waals surface area contributed by atoms with E-state index in [0.717, 1.165) is 17.0 Å². The van der Waals surface area contributed by atoms with Crippen molar-refractivity contribution in [2.24, 2.45) is 0 Å². The number of aryl methyl sites for hydroxylation is 1. The highest BCUT2D eigenvalue weighted by Gasteiger charge is 2.06. The van der Waals surface area contributed by atoms with Gasteiger partial charge in [0.25, 0.3) is 0 Å². The van der Waals surface area contributed by atoms with Crippen LogP contribution in [0.15, 0.2) is 53.6 Å². The maximum Gasteiger partial charge on any atom is 0.303 e. The average molecular weight is 273 g/mol. The summed E-state index contributed by atoms with van der Waals surface area (Å²) in [7, 11) is 0. The Morgan fingerprint density at radius 2 is 1.95 bits per heavy atom. The van der Waals surface area contributed by atoms with Crippen molar-refractivity contribution in [3.63, 3.8) is 0 Å². The number of thioether (sulfide) groups is 1. The summed E-state index contributed by atoms with van der Waals surface area (Å²) in [5.41, 5.74) is 1.99. The van der Waals surface area contributed by atoms with E-state index in [1.54, 1.807) is 18.0 Å². The Labute approximate surface area is 116 Å². The first kappa shape index (κ1) is 13.6. The van der Waals surface area contributed by atoms with E-state index in [2.05, 4.69) is 17.1 Å². The van der Waals surface area contributed by atoms with Gasteiger partial charge < -0.3 is 5.11 Å². The summed E-state index contributed by atoms with van der Waals surface area (Å²) >= 11 is 1.71. The van der Waals surface area contributed by atoms with Gasteiger partial charge in [0.2, 0.25) is 0 Å². The third-order valence-corrected chi connectivity index (χ3v) is 3.73. The fourth-order valence-corrected chi connectivity index (χ4v) is 2.65. The topological polar surface area (TPSA) is 50.2 Å². The summed E-state index contributed by atoms with van der Waals surface area (Å²) in [4.78, 5) is 16.2. The Kier molecular flexibility index (Phi) is 4.98. The molecule has 0 amide bonds. The Balaban J connectivity index is 2.01. The third kappa shape index (κ3) is 4.41. The SMILES string of the molecule is O=C(O)CCc1cccnc1CSc1ccccc1. The number of pyridine rings is 1. The van der Waals surface area contributed by atoms with E-state index in [-0.39, 0.29) is 6.42 Å². The predicted octanol–water partition coefficient (Wildman–Crippen LogP) is 3.39. The molecule has 1 aromatic heterocycles. The number of benzene rings is 1. The zero-order valence-electron chi connectivity index (χ0n) is 10.5. The molecular formula is C15H15NO2S. The lowest BCUT2D eigenvalue weighted by molar-refractivity contribution is -0.136. The highest BCUT2D eigenvalue weighted by Crippen LogP contribution is 2.23. The molecule has 0 fully saturated rings. The number of carboxylic acids is 1. The van der Waals surface area contributed by atoms with Crippen molar-refractivity contribution in [1.82, 2.24) is 4.98 Å². The van der Waals surface area contributed by atoms with Crippen LogP contribution in [0.4, 0.5) is 0 Å². The lowest BCUT2D eigenvalue weighted by atomic mass is 10.1. The van der Waals surface area contributed by atoms with Crippen molar-refractivity contribution in [2.45, 2.75) is 23.5 Å². The molecule has 0 saturated heterocycles. The van der Waals surface area contributed by atoms with Gasteiger partial charge in [-0.2, -0.15) is 0 Å². The van der Waals surface area contributed by atoms with Crippen molar-refractivity contribution in [1.29, 1.82) is 0 Å². The number of carbonyl (C=O) groups is 1. The zero-order chi connectivity index (χ0) is 13.5. The smallest absolute Gasteiger partial charge is 0.303 e. The van der Waals surface area contributed by atoms with Gasteiger partial charge in [-0.25, -0.2) is 0 Å². The van der Waals surface area contributed by atoms with Crippen LogP contribution in [0.2, 0.25) is 0 Å². The van der Waals surface area contributed by atoms with E-state index in [4.69, 9.17) is 5.11 Å². The van der Waals surface area contributed by atoms with Crippen LogP contribution in [0.1, 0.15) is 17.7 Å². The molecule has 19 heavy (non-hydrogen) atoms. The molecule has 2 rings (SSSR count). The van der Waals surface area contributed by atoms with Crippen molar-refractivity contribution < 1.29 is 9.90 Å². The van der Waals surface area contributed by atoms with E-state index in [1.165, 1.54) is 4.90 Å². The fraction of sp³-hybridized carbons (Fsp3) is 0.200. The van der Waals surface area contributed by atoms with E-state index in [1.807, 2.05) is 30.3 Å². The van der Waals surface area contributed by atoms with Crippen molar-refractivity contribution in [3.8, 4) is 0 Å². The molecule has 4 heteroatoms. The minimum absolute atomic E-state index is 0.148. The van der Waals surface area contributed by atoms with Crippen LogP contribution >= 0.6 is 11.8 Å². The lowest BCUT2D eigenvalue weighted by Gasteiger charge is -2.07. The highest BCUT2D eigenvalue weighted by molar-refractivity contribution is 7.98. The second-order valence-corrected chi connectivity index (χ2v) is 5.15. The summed E-state index contributed by atoms with van der Waals surface area (Å²) in [6.45, 7) is 0. The number of hydrogen-bond acceptors (Lipinski definition) is 3. The molecule has 0 aliphatic heterocycles. The van der Waals surface area contributed by atoms with E-state index < -0.39 is 5.97 Å². The van der Waals surface area contributed by atoms with Gasteiger partial charge in [-0.1, -0.05) is 24.3 Å². The summed E-state index contributed by atoms with van der Waals surface area (Å²) in [5.74, 6) is -0.00897. The number of carboxylic acid groups (broad SMARTS) is 1. The normalized spacial score (nSPS) is 10.3. The van der Waals surface area contributed by atoms with Crippen molar-refractivity contribution >= 4 is 17.7 Å². The Bertz CT molecular complexity index is 543. The number of aliphatic carboxylic acids is 1. The molecule has 98 valence electrons. The van der Waals surface area contributed by atoms with Gasteiger partial charge in [-0.05, 0) is 30.2 Å². The molecule has 1 N–H and O–H groups in total. The van der Waals surface area contributed by atoms with E-state index in [9.17, 15) is 4.79 Å². The van der Waals surface area contributed by atoms with E-state index in [0.29, 0.717) is 6.42 Å². The van der Waals surface area contributed by atoms with E-state index >= 15 is 0 Å². The Hall–Kier alpha value is -1.81. The van der Waals surface area contributed by atoms with Crippen LogP contribution < -0.4 is 0 Å². The van der Waals surface area contributed by atoms with Gasteiger partial charge in [-0.3, -0.25) is 9.78 Å². The molecule has 3 nitrogen and oxygen atoms in total.